The average molecular weight is 345 g/mol. The molecule has 1 fully saturated rings. The highest BCUT2D eigenvalue weighted by molar-refractivity contribution is 7.18. The first-order chi connectivity index (χ1) is 11.3. The first-order valence-corrected chi connectivity index (χ1v) is 9.55. The van der Waals surface area contributed by atoms with Crippen LogP contribution in [-0.2, 0) is 13.0 Å². The molecule has 0 saturated carbocycles. The summed E-state index contributed by atoms with van der Waals surface area (Å²) in [5, 5.41) is 2.28. The molecule has 0 atom stereocenters. The lowest BCUT2D eigenvalue weighted by Gasteiger charge is -2.33. The van der Waals surface area contributed by atoms with E-state index in [9.17, 15) is 0 Å². The zero-order valence-corrected chi connectivity index (χ0v) is 14.7. The van der Waals surface area contributed by atoms with Gasteiger partial charge in [0.05, 0.1) is 16.8 Å². The lowest BCUT2D eigenvalue weighted by atomic mass is 10.3. The number of para-hydroxylation sites is 1. The molecular formula is C16H19N5S2. The number of rotatable bonds is 4. The fourth-order valence-corrected chi connectivity index (χ4v) is 4.60. The first-order valence-electron chi connectivity index (χ1n) is 7.96. The molecule has 0 bridgehead atoms. The molecule has 4 rings (SSSR count). The smallest absolute Gasteiger partial charge is 0.205 e. The Kier molecular flexibility index (Phi) is 4.24. The van der Waals surface area contributed by atoms with Gasteiger partial charge in [0, 0.05) is 44.1 Å². The van der Waals surface area contributed by atoms with Crippen LogP contribution in [0.15, 0.2) is 24.3 Å². The minimum atomic E-state index is 0.911. The highest BCUT2D eigenvalue weighted by Crippen LogP contribution is 2.24. The third-order valence-corrected chi connectivity index (χ3v) is 5.95. The fourth-order valence-electron chi connectivity index (χ4n) is 2.79. The molecule has 23 heavy (non-hydrogen) atoms. The molecule has 0 aliphatic carbocycles. The second-order valence-electron chi connectivity index (χ2n) is 5.69. The number of aryl methyl sites for hydroxylation is 1. The van der Waals surface area contributed by atoms with Gasteiger partial charge in [-0.2, -0.15) is 4.37 Å². The van der Waals surface area contributed by atoms with Gasteiger partial charge in [0.25, 0.3) is 0 Å². The highest BCUT2D eigenvalue weighted by Gasteiger charge is 2.20. The Hall–Kier alpha value is -1.57. The number of thiazole rings is 1. The van der Waals surface area contributed by atoms with Crippen molar-refractivity contribution in [2.75, 3.05) is 31.1 Å². The molecule has 120 valence electrons. The van der Waals surface area contributed by atoms with Crippen molar-refractivity contribution in [3.8, 4) is 0 Å². The summed E-state index contributed by atoms with van der Waals surface area (Å²) in [7, 11) is 0. The Morgan fingerprint density at radius 2 is 1.91 bits per heavy atom. The maximum Gasteiger partial charge on any atom is 0.205 e. The summed E-state index contributed by atoms with van der Waals surface area (Å²) >= 11 is 3.33. The molecule has 1 aliphatic heterocycles. The van der Waals surface area contributed by atoms with Crippen molar-refractivity contribution in [2.24, 2.45) is 0 Å². The minimum Gasteiger partial charge on any atom is -0.344 e. The third-order valence-electron chi connectivity index (χ3n) is 4.11. The number of piperazine rings is 1. The van der Waals surface area contributed by atoms with Gasteiger partial charge < -0.3 is 4.90 Å². The highest BCUT2D eigenvalue weighted by atomic mass is 32.1. The van der Waals surface area contributed by atoms with E-state index >= 15 is 0 Å². The summed E-state index contributed by atoms with van der Waals surface area (Å²) in [4.78, 5) is 14.2. The topological polar surface area (TPSA) is 45.2 Å². The van der Waals surface area contributed by atoms with Gasteiger partial charge in [0.15, 0.2) is 0 Å². The Morgan fingerprint density at radius 3 is 2.65 bits per heavy atom. The zero-order chi connectivity index (χ0) is 15.6. The second-order valence-corrected chi connectivity index (χ2v) is 7.53. The van der Waals surface area contributed by atoms with Crippen LogP contribution in [-0.4, -0.2) is 45.4 Å². The third kappa shape index (κ3) is 3.22. The lowest BCUT2D eigenvalue weighted by Crippen LogP contribution is -2.45. The molecule has 0 radical (unpaired) electrons. The number of hydrogen-bond donors (Lipinski definition) is 0. The van der Waals surface area contributed by atoms with Crippen molar-refractivity contribution >= 4 is 38.2 Å². The zero-order valence-electron chi connectivity index (χ0n) is 13.1. The Balaban J connectivity index is 1.37. The molecule has 3 heterocycles. The molecule has 7 heteroatoms. The predicted octanol–water partition coefficient (Wildman–Crippen LogP) is 3.03. The number of fused-ring (bicyclic) bond motifs is 1. The van der Waals surface area contributed by atoms with Crippen molar-refractivity contribution in [3.05, 3.63) is 35.1 Å². The first kappa shape index (κ1) is 15.0. The number of aromatic nitrogens is 3. The van der Waals surface area contributed by atoms with Crippen molar-refractivity contribution in [1.82, 2.24) is 19.2 Å². The largest absolute Gasteiger partial charge is 0.344 e. The standard InChI is InChI=1S/C16H19N5S2/c1-2-14-18-16(23-19-14)21-9-7-20(8-10-21)11-15-17-12-5-3-4-6-13(12)22-15/h3-6H,2,7-11H2,1H3. The molecule has 0 N–H and O–H groups in total. The van der Waals surface area contributed by atoms with E-state index < -0.39 is 0 Å². The van der Waals surface area contributed by atoms with Crippen molar-refractivity contribution < 1.29 is 0 Å². The quantitative estimate of drug-likeness (QED) is 0.727. The van der Waals surface area contributed by atoms with Crippen LogP contribution in [0, 0.1) is 0 Å². The molecule has 2 aromatic heterocycles. The van der Waals surface area contributed by atoms with E-state index in [-0.39, 0.29) is 0 Å². The van der Waals surface area contributed by atoms with E-state index in [1.807, 2.05) is 11.3 Å². The number of nitrogens with zero attached hydrogens (tertiary/aromatic N) is 5. The van der Waals surface area contributed by atoms with Crippen LogP contribution in [0.25, 0.3) is 10.2 Å². The number of benzene rings is 1. The molecule has 1 aromatic carbocycles. The molecule has 0 spiro atoms. The molecular weight excluding hydrogens is 326 g/mol. The minimum absolute atomic E-state index is 0.911. The van der Waals surface area contributed by atoms with Gasteiger partial charge in [-0.05, 0) is 12.1 Å². The van der Waals surface area contributed by atoms with Gasteiger partial charge >= 0.3 is 0 Å². The van der Waals surface area contributed by atoms with Crippen molar-refractivity contribution in [1.29, 1.82) is 0 Å². The van der Waals surface area contributed by atoms with Crippen molar-refractivity contribution in [2.45, 2.75) is 19.9 Å². The van der Waals surface area contributed by atoms with E-state index in [0.717, 1.165) is 55.6 Å². The van der Waals surface area contributed by atoms with E-state index in [1.165, 1.54) is 21.2 Å². The number of anilines is 1. The van der Waals surface area contributed by atoms with Crippen LogP contribution in [0.2, 0.25) is 0 Å². The maximum absolute atomic E-state index is 4.74. The van der Waals surface area contributed by atoms with Crippen LogP contribution in [0.5, 0.6) is 0 Å². The maximum atomic E-state index is 4.74. The van der Waals surface area contributed by atoms with Gasteiger partial charge in [-0.1, -0.05) is 19.1 Å². The van der Waals surface area contributed by atoms with Gasteiger partial charge in [-0.25, -0.2) is 9.97 Å². The van der Waals surface area contributed by atoms with Crippen LogP contribution in [0.1, 0.15) is 17.8 Å². The molecule has 5 nitrogen and oxygen atoms in total. The van der Waals surface area contributed by atoms with E-state index in [2.05, 4.69) is 50.3 Å². The summed E-state index contributed by atoms with van der Waals surface area (Å²) in [6.07, 6.45) is 0.911. The predicted molar refractivity (Wildman–Crippen MR) is 96.4 cm³/mol. The van der Waals surface area contributed by atoms with Crippen LogP contribution < -0.4 is 4.90 Å². The van der Waals surface area contributed by atoms with Gasteiger partial charge in [0.2, 0.25) is 5.13 Å². The lowest BCUT2D eigenvalue weighted by molar-refractivity contribution is 0.249. The SMILES string of the molecule is CCc1nsc(N2CCN(Cc3nc4ccccc4s3)CC2)n1. The van der Waals surface area contributed by atoms with E-state index in [1.54, 1.807) is 0 Å². The van der Waals surface area contributed by atoms with E-state index in [4.69, 9.17) is 4.98 Å². The Morgan fingerprint density at radius 1 is 1.09 bits per heavy atom. The van der Waals surface area contributed by atoms with E-state index in [0.29, 0.717) is 0 Å². The normalized spacial score (nSPS) is 16.3. The summed E-state index contributed by atoms with van der Waals surface area (Å²) in [6, 6.07) is 8.37. The second kappa shape index (κ2) is 6.51. The number of hydrogen-bond acceptors (Lipinski definition) is 7. The monoisotopic (exact) mass is 345 g/mol. The molecule has 0 amide bonds. The summed E-state index contributed by atoms with van der Waals surface area (Å²) in [5.74, 6) is 0.960. The molecule has 0 unspecified atom stereocenters. The van der Waals surface area contributed by atoms with Gasteiger partial charge in [-0.15, -0.1) is 11.3 Å². The summed E-state index contributed by atoms with van der Waals surface area (Å²) in [5.41, 5.74) is 1.12. The van der Waals surface area contributed by atoms with Gasteiger partial charge in [0.1, 0.15) is 10.8 Å². The molecule has 1 aliphatic rings. The van der Waals surface area contributed by atoms with Gasteiger partial charge in [-0.3, -0.25) is 4.90 Å². The summed E-state index contributed by atoms with van der Waals surface area (Å²) < 4.78 is 5.67. The molecule has 3 aromatic rings. The average Bonchev–Trinajstić information content (AvgIpc) is 3.21. The van der Waals surface area contributed by atoms with Crippen LogP contribution in [0.4, 0.5) is 5.13 Å². The van der Waals surface area contributed by atoms with Crippen molar-refractivity contribution in [3.63, 3.8) is 0 Å². The van der Waals surface area contributed by atoms with Crippen LogP contribution >= 0.6 is 22.9 Å². The fraction of sp³-hybridized carbons (Fsp3) is 0.438. The van der Waals surface area contributed by atoms with Crippen LogP contribution in [0.3, 0.4) is 0 Å². The summed E-state index contributed by atoms with van der Waals surface area (Å²) in [6.45, 7) is 7.19. The Labute approximate surface area is 143 Å². The Bertz CT molecular complexity index is 755. The molecule has 1 saturated heterocycles.